The second-order valence-electron chi connectivity index (χ2n) is 6.07. The average molecular weight is 348 g/mol. The molecule has 0 fully saturated rings. The second-order valence-corrected chi connectivity index (χ2v) is 6.07. The van der Waals surface area contributed by atoms with E-state index >= 15 is 0 Å². The number of benzene rings is 2. The summed E-state index contributed by atoms with van der Waals surface area (Å²) in [5, 5.41) is 13.9. The molecule has 1 aliphatic heterocycles. The van der Waals surface area contributed by atoms with Crippen LogP contribution in [0.3, 0.4) is 0 Å². The third kappa shape index (κ3) is 2.83. The molecule has 1 aromatic heterocycles. The van der Waals surface area contributed by atoms with Crippen LogP contribution in [0.4, 0.5) is 5.69 Å². The third-order valence-electron chi connectivity index (χ3n) is 4.35. The van der Waals surface area contributed by atoms with E-state index in [1.807, 2.05) is 30.3 Å². The summed E-state index contributed by atoms with van der Waals surface area (Å²) in [6, 6.07) is 14.0. The van der Waals surface area contributed by atoms with Gasteiger partial charge in [0.2, 0.25) is 0 Å². The molecule has 0 aliphatic carbocycles. The molecule has 2 N–H and O–H groups in total. The molecule has 0 saturated heterocycles. The van der Waals surface area contributed by atoms with E-state index < -0.39 is 5.97 Å². The number of nitrogens with one attached hydrogen (secondary N) is 1. The minimum absolute atomic E-state index is 0.0763. The number of aromatic nitrogens is 2. The first-order valence-corrected chi connectivity index (χ1v) is 8.29. The second kappa shape index (κ2) is 6.44. The van der Waals surface area contributed by atoms with Gasteiger partial charge in [0.15, 0.2) is 5.82 Å². The van der Waals surface area contributed by atoms with Crippen molar-refractivity contribution in [2.45, 2.75) is 19.4 Å². The maximum atomic E-state index is 12.8. The zero-order chi connectivity index (χ0) is 18.1. The van der Waals surface area contributed by atoms with Crippen molar-refractivity contribution < 1.29 is 9.90 Å². The molecule has 0 amide bonds. The topological polar surface area (TPSA) is 96.6 Å². The SMILES string of the molecule is O=C(O)c1ccc2nc3n(c(=O)c2c1)CCCC3=NNc1ccccc1. The van der Waals surface area contributed by atoms with Gasteiger partial charge >= 0.3 is 5.97 Å². The first-order valence-electron chi connectivity index (χ1n) is 8.29. The number of fused-ring (bicyclic) bond motifs is 2. The Hall–Kier alpha value is -3.48. The minimum atomic E-state index is -1.07. The van der Waals surface area contributed by atoms with Gasteiger partial charge < -0.3 is 5.11 Å². The fourth-order valence-corrected chi connectivity index (χ4v) is 3.05. The lowest BCUT2D eigenvalue weighted by molar-refractivity contribution is 0.0697. The van der Waals surface area contributed by atoms with Gasteiger partial charge in [-0.25, -0.2) is 9.78 Å². The Bertz CT molecular complexity index is 1090. The van der Waals surface area contributed by atoms with E-state index in [9.17, 15) is 9.59 Å². The Morgan fingerprint density at radius 2 is 2.00 bits per heavy atom. The molecule has 2 heterocycles. The number of anilines is 1. The Balaban J connectivity index is 1.81. The first kappa shape index (κ1) is 16.0. The van der Waals surface area contributed by atoms with Crippen molar-refractivity contribution in [1.82, 2.24) is 9.55 Å². The highest BCUT2D eigenvalue weighted by atomic mass is 16.4. The van der Waals surface area contributed by atoms with Crippen LogP contribution in [0.2, 0.25) is 0 Å². The van der Waals surface area contributed by atoms with Crippen molar-refractivity contribution in [3.05, 3.63) is 70.3 Å². The van der Waals surface area contributed by atoms with Crippen LogP contribution < -0.4 is 11.0 Å². The van der Waals surface area contributed by atoms with Gasteiger partial charge in [0.05, 0.1) is 22.2 Å². The molecule has 2 aromatic carbocycles. The molecule has 7 nitrogen and oxygen atoms in total. The molecule has 7 heteroatoms. The highest BCUT2D eigenvalue weighted by Crippen LogP contribution is 2.17. The normalized spacial score (nSPS) is 15.0. The fraction of sp³-hybridized carbons (Fsp3) is 0.158. The largest absolute Gasteiger partial charge is 0.478 e. The lowest BCUT2D eigenvalue weighted by atomic mass is 10.1. The maximum absolute atomic E-state index is 12.8. The molecule has 130 valence electrons. The molecule has 3 aromatic rings. The number of hydrogen-bond acceptors (Lipinski definition) is 5. The van der Waals surface area contributed by atoms with Crippen molar-refractivity contribution in [3.63, 3.8) is 0 Å². The molecule has 0 bridgehead atoms. The summed E-state index contributed by atoms with van der Waals surface area (Å²) in [7, 11) is 0. The molecule has 4 rings (SSSR count). The molecule has 26 heavy (non-hydrogen) atoms. The van der Waals surface area contributed by atoms with E-state index in [1.54, 1.807) is 10.6 Å². The predicted octanol–water partition coefficient (Wildman–Crippen LogP) is 2.70. The van der Waals surface area contributed by atoms with Gasteiger partial charge in [0.25, 0.3) is 5.56 Å². The van der Waals surface area contributed by atoms with Crippen molar-refractivity contribution in [1.29, 1.82) is 0 Å². The van der Waals surface area contributed by atoms with Gasteiger partial charge in [-0.1, -0.05) is 18.2 Å². The standard InChI is InChI=1S/C19H16N4O3/c24-18-14-11-12(19(25)26)8-9-15(14)20-17-16(7-4-10-23(17)18)22-21-13-5-2-1-3-6-13/h1-3,5-6,8-9,11,21H,4,7,10H2,(H,25,26). The van der Waals surface area contributed by atoms with Crippen LogP contribution in [0.1, 0.15) is 29.0 Å². The summed E-state index contributed by atoms with van der Waals surface area (Å²) in [4.78, 5) is 28.6. The third-order valence-corrected chi connectivity index (χ3v) is 4.35. The summed E-state index contributed by atoms with van der Waals surface area (Å²) in [6.45, 7) is 0.540. The molecule has 0 unspecified atom stereocenters. The lowest BCUT2D eigenvalue weighted by Gasteiger charge is -2.19. The van der Waals surface area contributed by atoms with Crippen LogP contribution >= 0.6 is 0 Å². The van der Waals surface area contributed by atoms with Crippen LogP contribution in [-0.4, -0.2) is 26.3 Å². The minimum Gasteiger partial charge on any atom is -0.478 e. The van der Waals surface area contributed by atoms with Gasteiger partial charge in [-0.3, -0.25) is 14.8 Å². The van der Waals surface area contributed by atoms with Gasteiger partial charge in [-0.2, -0.15) is 5.10 Å². The smallest absolute Gasteiger partial charge is 0.335 e. The van der Waals surface area contributed by atoms with Crippen molar-refractivity contribution >= 4 is 28.3 Å². The van der Waals surface area contributed by atoms with E-state index in [4.69, 9.17) is 5.11 Å². The molecule has 0 atom stereocenters. The number of aromatic carboxylic acids is 1. The number of hydrazone groups is 1. The molecule has 1 aliphatic rings. The predicted molar refractivity (Wildman–Crippen MR) is 98.8 cm³/mol. The van der Waals surface area contributed by atoms with Crippen molar-refractivity contribution in [2.75, 3.05) is 5.43 Å². The molecular formula is C19H16N4O3. The van der Waals surface area contributed by atoms with Crippen LogP contribution in [0.5, 0.6) is 0 Å². The first-order chi connectivity index (χ1) is 12.6. The van der Waals surface area contributed by atoms with E-state index in [2.05, 4.69) is 15.5 Å². The Morgan fingerprint density at radius 3 is 2.77 bits per heavy atom. The monoisotopic (exact) mass is 348 g/mol. The highest BCUT2D eigenvalue weighted by Gasteiger charge is 2.21. The summed E-state index contributed by atoms with van der Waals surface area (Å²) in [5.41, 5.74) is 4.88. The zero-order valence-electron chi connectivity index (χ0n) is 13.8. The van der Waals surface area contributed by atoms with E-state index in [1.165, 1.54) is 12.1 Å². The van der Waals surface area contributed by atoms with Crippen LogP contribution in [0.15, 0.2) is 58.4 Å². The molecule has 0 spiro atoms. The summed E-state index contributed by atoms with van der Waals surface area (Å²) >= 11 is 0. The van der Waals surface area contributed by atoms with Crippen LogP contribution in [0.25, 0.3) is 10.9 Å². The molecule has 0 radical (unpaired) electrons. The van der Waals surface area contributed by atoms with Crippen LogP contribution in [-0.2, 0) is 6.54 Å². The van der Waals surface area contributed by atoms with Gasteiger partial charge in [0, 0.05) is 6.54 Å². The Kier molecular flexibility index (Phi) is 3.96. The van der Waals surface area contributed by atoms with E-state index in [-0.39, 0.29) is 11.1 Å². The van der Waals surface area contributed by atoms with Gasteiger partial charge in [-0.05, 0) is 43.2 Å². The quantitative estimate of drug-likeness (QED) is 0.710. The lowest BCUT2D eigenvalue weighted by Crippen LogP contribution is -2.32. The fourth-order valence-electron chi connectivity index (χ4n) is 3.05. The number of para-hydroxylation sites is 1. The zero-order valence-corrected chi connectivity index (χ0v) is 13.8. The van der Waals surface area contributed by atoms with Gasteiger partial charge in [-0.15, -0.1) is 0 Å². The molecule has 0 saturated carbocycles. The number of hydrogen-bond donors (Lipinski definition) is 2. The van der Waals surface area contributed by atoms with E-state index in [0.717, 1.165) is 12.1 Å². The number of carboxylic acids is 1. The summed E-state index contributed by atoms with van der Waals surface area (Å²) in [6.07, 6.45) is 1.49. The van der Waals surface area contributed by atoms with Crippen molar-refractivity contribution in [3.8, 4) is 0 Å². The average Bonchev–Trinajstić information content (AvgIpc) is 2.67. The number of carboxylic acid groups (broad SMARTS) is 1. The Morgan fingerprint density at radius 1 is 1.19 bits per heavy atom. The summed E-state index contributed by atoms with van der Waals surface area (Å²) < 4.78 is 1.57. The Labute approximate surface area is 148 Å². The number of rotatable bonds is 3. The number of carbonyl (C=O) groups is 1. The maximum Gasteiger partial charge on any atom is 0.335 e. The van der Waals surface area contributed by atoms with Crippen LogP contribution in [0, 0.1) is 0 Å². The summed E-state index contributed by atoms with van der Waals surface area (Å²) in [5.74, 6) is -0.538. The van der Waals surface area contributed by atoms with Crippen molar-refractivity contribution in [2.24, 2.45) is 5.10 Å². The van der Waals surface area contributed by atoms with E-state index in [0.29, 0.717) is 35.4 Å². The highest BCUT2D eigenvalue weighted by molar-refractivity contribution is 6.00. The number of nitrogens with zero attached hydrogens (tertiary/aromatic N) is 3. The molecular weight excluding hydrogens is 332 g/mol. The van der Waals surface area contributed by atoms with Gasteiger partial charge in [0.1, 0.15) is 5.71 Å².